The molecule has 0 aliphatic heterocycles. The van der Waals surface area contributed by atoms with Crippen LogP contribution in [0.4, 0.5) is 13.2 Å². The van der Waals surface area contributed by atoms with Gasteiger partial charge in [-0.3, -0.25) is 0 Å². The molecule has 0 aromatic heterocycles. The lowest BCUT2D eigenvalue weighted by Gasteiger charge is -2.20. The molecule has 0 spiro atoms. The summed E-state index contributed by atoms with van der Waals surface area (Å²) in [5.74, 6) is -5.57. The van der Waals surface area contributed by atoms with Crippen molar-refractivity contribution in [2.24, 2.45) is 11.3 Å². The number of carboxylic acid groups (broad SMARTS) is 1. The Labute approximate surface area is 119 Å². The van der Waals surface area contributed by atoms with Gasteiger partial charge in [0.25, 0.3) is 5.92 Å². The number of halogens is 3. The van der Waals surface area contributed by atoms with Crippen LogP contribution >= 0.6 is 0 Å². The highest BCUT2D eigenvalue weighted by molar-refractivity contribution is 5.88. The van der Waals surface area contributed by atoms with Crippen LogP contribution in [0, 0.1) is 17.2 Å². The minimum absolute atomic E-state index is 0.0823. The third kappa shape index (κ3) is 2.08. The van der Waals surface area contributed by atoms with Crippen LogP contribution < -0.4 is 4.74 Å². The van der Waals surface area contributed by atoms with Crippen LogP contribution in [0.1, 0.15) is 36.0 Å². The zero-order valence-electron chi connectivity index (χ0n) is 11.2. The van der Waals surface area contributed by atoms with Crippen LogP contribution in [0.5, 0.6) is 5.75 Å². The molecular weight excluding hydrogens is 285 g/mol. The van der Waals surface area contributed by atoms with E-state index in [1.807, 2.05) is 0 Å². The van der Waals surface area contributed by atoms with Gasteiger partial charge in [-0.15, -0.1) is 0 Å². The summed E-state index contributed by atoms with van der Waals surface area (Å²) in [4.78, 5) is 10.7. The Hall–Kier alpha value is -1.72. The van der Waals surface area contributed by atoms with E-state index < -0.39 is 34.6 Å². The summed E-state index contributed by atoms with van der Waals surface area (Å²) >= 11 is 0. The third-order valence-corrected chi connectivity index (χ3v) is 4.72. The van der Waals surface area contributed by atoms with Gasteiger partial charge in [0.2, 0.25) is 0 Å². The molecule has 0 amide bonds. The number of carbonyl (C=O) groups is 1. The van der Waals surface area contributed by atoms with E-state index in [9.17, 15) is 18.0 Å². The minimum atomic E-state index is -2.71. The SMILES string of the molecule is O=C(O)c1ccc(OCC23CCCCC2C3(F)F)cc1F. The number of hydrogen-bond donors (Lipinski definition) is 1. The molecule has 1 N–H and O–H groups in total. The maximum atomic E-state index is 13.9. The number of aromatic carboxylic acids is 1. The van der Waals surface area contributed by atoms with Crippen molar-refractivity contribution in [1.82, 2.24) is 0 Å². The number of ether oxygens (including phenoxy) is 1. The standard InChI is InChI=1S/C15H15F3O3/c16-11-7-9(4-5-10(11)13(19)20)21-8-14-6-2-1-3-12(14)15(14,17)18/h4-5,7,12H,1-3,6,8H2,(H,19,20). The topological polar surface area (TPSA) is 46.5 Å². The minimum Gasteiger partial charge on any atom is -0.493 e. The second-order valence-corrected chi connectivity index (χ2v) is 5.81. The Balaban J connectivity index is 1.71. The summed E-state index contributed by atoms with van der Waals surface area (Å²) in [5.41, 5.74) is -1.58. The molecule has 2 aliphatic carbocycles. The molecule has 1 aromatic carbocycles. The molecule has 3 rings (SSSR count). The summed E-state index contributed by atoms with van der Waals surface area (Å²) in [6.07, 6.45) is 2.48. The Kier molecular flexibility index (Phi) is 3.15. The molecule has 6 heteroatoms. The summed E-state index contributed by atoms with van der Waals surface area (Å²) in [6, 6.07) is 3.30. The molecule has 0 bridgehead atoms. The fourth-order valence-electron chi connectivity index (χ4n) is 3.42. The number of alkyl halides is 2. The first-order valence-electron chi connectivity index (χ1n) is 6.92. The Bertz CT molecular complexity index is 588. The summed E-state index contributed by atoms with van der Waals surface area (Å²) in [5, 5.41) is 8.73. The van der Waals surface area contributed by atoms with E-state index in [0.29, 0.717) is 12.8 Å². The Morgan fingerprint density at radius 1 is 1.38 bits per heavy atom. The van der Waals surface area contributed by atoms with Gasteiger partial charge in [0.1, 0.15) is 18.2 Å². The van der Waals surface area contributed by atoms with E-state index in [0.717, 1.165) is 25.0 Å². The van der Waals surface area contributed by atoms with Gasteiger partial charge in [0.15, 0.2) is 0 Å². The van der Waals surface area contributed by atoms with Gasteiger partial charge in [-0.05, 0) is 25.0 Å². The van der Waals surface area contributed by atoms with Crippen molar-refractivity contribution >= 4 is 5.97 Å². The van der Waals surface area contributed by atoms with Gasteiger partial charge in [-0.25, -0.2) is 18.0 Å². The smallest absolute Gasteiger partial charge is 0.338 e. The van der Waals surface area contributed by atoms with Gasteiger partial charge in [-0.1, -0.05) is 12.8 Å². The molecule has 2 fully saturated rings. The number of carboxylic acids is 1. The van der Waals surface area contributed by atoms with Crippen LogP contribution in [-0.4, -0.2) is 23.6 Å². The van der Waals surface area contributed by atoms with E-state index in [2.05, 4.69) is 0 Å². The van der Waals surface area contributed by atoms with Crippen molar-refractivity contribution in [2.45, 2.75) is 31.6 Å². The second kappa shape index (κ2) is 4.64. The lowest BCUT2D eigenvalue weighted by atomic mass is 9.89. The zero-order chi connectivity index (χ0) is 15.3. The first-order chi connectivity index (χ1) is 9.88. The number of hydrogen-bond acceptors (Lipinski definition) is 2. The lowest BCUT2D eigenvalue weighted by molar-refractivity contribution is 0.0370. The van der Waals surface area contributed by atoms with Crippen molar-refractivity contribution in [1.29, 1.82) is 0 Å². The van der Waals surface area contributed by atoms with E-state index in [1.165, 1.54) is 6.07 Å². The van der Waals surface area contributed by atoms with Gasteiger partial charge in [0, 0.05) is 12.0 Å². The van der Waals surface area contributed by atoms with Crippen molar-refractivity contribution in [3.8, 4) is 5.75 Å². The van der Waals surface area contributed by atoms with Gasteiger partial charge in [0.05, 0.1) is 11.0 Å². The quantitative estimate of drug-likeness (QED) is 0.921. The first-order valence-corrected chi connectivity index (χ1v) is 6.92. The predicted octanol–water partition coefficient (Wildman–Crippen LogP) is 3.73. The molecule has 21 heavy (non-hydrogen) atoms. The molecule has 3 nitrogen and oxygen atoms in total. The summed E-state index contributed by atoms with van der Waals surface area (Å²) in [6.45, 7) is -0.156. The average Bonchev–Trinajstić information content (AvgIpc) is 2.94. The number of rotatable bonds is 4. The van der Waals surface area contributed by atoms with Crippen molar-refractivity contribution < 1.29 is 27.8 Å². The monoisotopic (exact) mass is 300 g/mol. The predicted molar refractivity (Wildman–Crippen MR) is 68.2 cm³/mol. The van der Waals surface area contributed by atoms with E-state index in [-0.39, 0.29) is 12.4 Å². The molecule has 2 atom stereocenters. The van der Waals surface area contributed by atoms with E-state index in [4.69, 9.17) is 9.84 Å². The number of fused-ring (bicyclic) bond motifs is 1. The highest BCUT2D eigenvalue weighted by Crippen LogP contribution is 2.72. The summed E-state index contributed by atoms with van der Waals surface area (Å²) in [7, 11) is 0. The van der Waals surface area contributed by atoms with E-state index in [1.54, 1.807) is 0 Å². The summed E-state index contributed by atoms with van der Waals surface area (Å²) < 4.78 is 46.6. The van der Waals surface area contributed by atoms with Crippen LogP contribution in [-0.2, 0) is 0 Å². The highest BCUT2D eigenvalue weighted by atomic mass is 19.3. The fourth-order valence-corrected chi connectivity index (χ4v) is 3.42. The lowest BCUT2D eigenvalue weighted by Crippen LogP contribution is -2.22. The van der Waals surface area contributed by atoms with Crippen molar-refractivity contribution in [3.05, 3.63) is 29.6 Å². The van der Waals surface area contributed by atoms with Crippen LogP contribution in [0.3, 0.4) is 0 Å². The largest absolute Gasteiger partial charge is 0.493 e. The number of benzene rings is 1. The molecule has 0 heterocycles. The molecule has 0 radical (unpaired) electrons. The van der Waals surface area contributed by atoms with Crippen molar-refractivity contribution in [3.63, 3.8) is 0 Å². The average molecular weight is 300 g/mol. The highest BCUT2D eigenvalue weighted by Gasteiger charge is 2.80. The molecule has 2 saturated carbocycles. The zero-order valence-corrected chi connectivity index (χ0v) is 11.2. The molecule has 0 saturated heterocycles. The second-order valence-electron chi connectivity index (χ2n) is 5.81. The fraction of sp³-hybridized carbons (Fsp3) is 0.533. The van der Waals surface area contributed by atoms with Crippen molar-refractivity contribution in [2.75, 3.05) is 6.61 Å². The third-order valence-electron chi connectivity index (χ3n) is 4.72. The molecule has 1 aromatic rings. The molecule has 2 unspecified atom stereocenters. The molecule has 114 valence electrons. The maximum absolute atomic E-state index is 13.9. The normalized spacial score (nSPS) is 29.6. The van der Waals surface area contributed by atoms with Gasteiger partial charge < -0.3 is 9.84 Å². The van der Waals surface area contributed by atoms with E-state index >= 15 is 0 Å². The maximum Gasteiger partial charge on any atom is 0.338 e. The van der Waals surface area contributed by atoms with Gasteiger partial charge >= 0.3 is 5.97 Å². The van der Waals surface area contributed by atoms with Crippen LogP contribution in [0.2, 0.25) is 0 Å². The first kappa shape index (κ1) is 14.2. The van der Waals surface area contributed by atoms with Crippen LogP contribution in [0.25, 0.3) is 0 Å². The Morgan fingerprint density at radius 3 is 2.76 bits per heavy atom. The van der Waals surface area contributed by atoms with Crippen LogP contribution in [0.15, 0.2) is 18.2 Å². The van der Waals surface area contributed by atoms with Gasteiger partial charge in [-0.2, -0.15) is 0 Å². The Morgan fingerprint density at radius 2 is 2.14 bits per heavy atom. The molecular formula is C15H15F3O3. The molecule has 2 aliphatic rings.